The summed E-state index contributed by atoms with van der Waals surface area (Å²) in [6, 6.07) is 11.2. The van der Waals surface area contributed by atoms with Gasteiger partial charge < -0.3 is 5.32 Å². The fourth-order valence-corrected chi connectivity index (χ4v) is 5.05. The van der Waals surface area contributed by atoms with Gasteiger partial charge in [0, 0.05) is 29.7 Å². The van der Waals surface area contributed by atoms with E-state index in [4.69, 9.17) is 11.6 Å². The second kappa shape index (κ2) is 8.37. The number of hydrogen-bond donors (Lipinski definition) is 1. The highest BCUT2D eigenvalue weighted by Gasteiger charge is 2.34. The SMILES string of the molecule is O=C(C[C@H]1CCCCN1S(=O)(=O)c1ccc(Cl)cc1)Nc1cccc(F)c1. The largest absolute Gasteiger partial charge is 0.326 e. The van der Waals surface area contributed by atoms with E-state index >= 15 is 0 Å². The van der Waals surface area contributed by atoms with Gasteiger partial charge in [-0.2, -0.15) is 4.31 Å². The van der Waals surface area contributed by atoms with E-state index in [0.717, 1.165) is 12.8 Å². The molecule has 0 aliphatic carbocycles. The summed E-state index contributed by atoms with van der Waals surface area (Å²) >= 11 is 5.85. The summed E-state index contributed by atoms with van der Waals surface area (Å²) in [7, 11) is -3.72. The van der Waals surface area contributed by atoms with Crippen LogP contribution in [0, 0.1) is 5.82 Å². The van der Waals surface area contributed by atoms with Gasteiger partial charge in [0.25, 0.3) is 0 Å². The molecule has 1 N–H and O–H groups in total. The lowest BCUT2D eigenvalue weighted by atomic mass is 10.0. The quantitative estimate of drug-likeness (QED) is 0.808. The van der Waals surface area contributed by atoms with Crippen LogP contribution in [0.4, 0.5) is 10.1 Å². The van der Waals surface area contributed by atoms with Gasteiger partial charge in [0.1, 0.15) is 5.82 Å². The van der Waals surface area contributed by atoms with Gasteiger partial charge in [-0.15, -0.1) is 0 Å². The van der Waals surface area contributed by atoms with Gasteiger partial charge in [-0.3, -0.25) is 4.79 Å². The lowest BCUT2D eigenvalue weighted by molar-refractivity contribution is -0.117. The van der Waals surface area contributed by atoms with Crippen LogP contribution in [0.5, 0.6) is 0 Å². The van der Waals surface area contributed by atoms with E-state index in [-0.39, 0.29) is 17.2 Å². The van der Waals surface area contributed by atoms with Crippen LogP contribution in [0.3, 0.4) is 0 Å². The number of amides is 1. The fourth-order valence-electron chi connectivity index (χ4n) is 3.23. The number of carbonyl (C=O) groups excluding carboxylic acids is 1. The molecule has 27 heavy (non-hydrogen) atoms. The Morgan fingerprint density at radius 2 is 1.93 bits per heavy atom. The molecule has 1 heterocycles. The molecule has 0 spiro atoms. The van der Waals surface area contributed by atoms with E-state index in [2.05, 4.69) is 5.32 Å². The molecule has 3 rings (SSSR count). The van der Waals surface area contributed by atoms with E-state index in [0.29, 0.717) is 23.7 Å². The van der Waals surface area contributed by atoms with E-state index < -0.39 is 21.9 Å². The van der Waals surface area contributed by atoms with Crippen LogP contribution in [0.15, 0.2) is 53.4 Å². The lowest BCUT2D eigenvalue weighted by Crippen LogP contribution is -2.45. The van der Waals surface area contributed by atoms with Crippen molar-refractivity contribution >= 4 is 33.2 Å². The third kappa shape index (κ3) is 4.86. The zero-order chi connectivity index (χ0) is 19.4. The molecule has 0 unspecified atom stereocenters. The van der Waals surface area contributed by atoms with Crippen molar-refractivity contribution in [1.29, 1.82) is 0 Å². The predicted octanol–water partition coefficient (Wildman–Crippen LogP) is 4.05. The Hall–Kier alpha value is -1.96. The van der Waals surface area contributed by atoms with Gasteiger partial charge in [0.15, 0.2) is 0 Å². The predicted molar refractivity (Wildman–Crippen MR) is 103 cm³/mol. The van der Waals surface area contributed by atoms with Gasteiger partial charge >= 0.3 is 0 Å². The molecule has 0 saturated carbocycles. The lowest BCUT2D eigenvalue weighted by Gasteiger charge is -2.34. The molecule has 5 nitrogen and oxygen atoms in total. The zero-order valence-corrected chi connectivity index (χ0v) is 16.1. The Bertz CT molecular complexity index is 919. The summed E-state index contributed by atoms with van der Waals surface area (Å²) in [4.78, 5) is 12.5. The molecular formula is C19H20ClFN2O3S. The highest BCUT2D eigenvalue weighted by molar-refractivity contribution is 7.89. The second-order valence-electron chi connectivity index (χ2n) is 6.48. The number of anilines is 1. The first kappa shape index (κ1) is 19.8. The van der Waals surface area contributed by atoms with Crippen LogP contribution in [0.2, 0.25) is 5.02 Å². The molecule has 2 aromatic rings. The smallest absolute Gasteiger partial charge is 0.243 e. The standard InChI is InChI=1S/C19H20ClFN2O3S/c20-14-7-9-18(10-8-14)27(25,26)23-11-2-1-6-17(23)13-19(24)22-16-5-3-4-15(21)12-16/h3-5,7-10,12,17H,1-2,6,11,13H2,(H,22,24)/t17-/m1/s1. The summed E-state index contributed by atoms with van der Waals surface area (Å²) in [5, 5.41) is 3.09. The molecule has 1 aliphatic rings. The van der Waals surface area contributed by atoms with Crippen molar-refractivity contribution in [1.82, 2.24) is 4.31 Å². The zero-order valence-electron chi connectivity index (χ0n) is 14.6. The normalized spacial score (nSPS) is 18.2. The molecule has 1 saturated heterocycles. The molecule has 0 aromatic heterocycles. The van der Waals surface area contributed by atoms with Crippen LogP contribution >= 0.6 is 11.6 Å². The molecule has 8 heteroatoms. The number of halogens is 2. The fraction of sp³-hybridized carbons (Fsp3) is 0.316. The average molecular weight is 411 g/mol. The van der Waals surface area contributed by atoms with Gasteiger partial charge in [-0.1, -0.05) is 24.1 Å². The van der Waals surface area contributed by atoms with Crippen LogP contribution in [0.1, 0.15) is 25.7 Å². The number of hydrogen-bond acceptors (Lipinski definition) is 3. The Labute approximate surface area is 163 Å². The van der Waals surface area contributed by atoms with Crippen LogP contribution < -0.4 is 5.32 Å². The summed E-state index contributed by atoms with van der Waals surface area (Å²) in [6.45, 7) is 0.364. The topological polar surface area (TPSA) is 66.5 Å². The molecule has 1 fully saturated rings. The molecule has 1 aliphatic heterocycles. The summed E-state index contributed by atoms with van der Waals surface area (Å²) in [5.74, 6) is -0.791. The van der Waals surface area contributed by atoms with Crippen molar-refractivity contribution in [3.8, 4) is 0 Å². The van der Waals surface area contributed by atoms with Crippen molar-refractivity contribution in [2.75, 3.05) is 11.9 Å². The van der Waals surface area contributed by atoms with Crippen molar-refractivity contribution in [2.24, 2.45) is 0 Å². The number of benzene rings is 2. The minimum Gasteiger partial charge on any atom is -0.326 e. The number of nitrogens with zero attached hydrogens (tertiary/aromatic N) is 1. The molecule has 1 atom stereocenters. The molecule has 144 valence electrons. The maximum Gasteiger partial charge on any atom is 0.243 e. The number of rotatable bonds is 5. The van der Waals surface area contributed by atoms with Crippen molar-refractivity contribution in [3.05, 3.63) is 59.4 Å². The van der Waals surface area contributed by atoms with Crippen LogP contribution in [-0.4, -0.2) is 31.2 Å². The molecule has 0 radical (unpaired) electrons. The first-order valence-corrected chi connectivity index (χ1v) is 10.5. The van der Waals surface area contributed by atoms with Gasteiger partial charge in [0.2, 0.25) is 15.9 Å². The maximum absolute atomic E-state index is 13.3. The molecule has 2 aromatic carbocycles. The highest BCUT2D eigenvalue weighted by Crippen LogP contribution is 2.28. The third-order valence-corrected chi connectivity index (χ3v) is 6.74. The van der Waals surface area contributed by atoms with Gasteiger partial charge in [-0.25, -0.2) is 12.8 Å². The Morgan fingerprint density at radius 1 is 1.19 bits per heavy atom. The minimum absolute atomic E-state index is 0.0172. The van der Waals surface area contributed by atoms with Crippen LogP contribution in [0.25, 0.3) is 0 Å². The Morgan fingerprint density at radius 3 is 2.63 bits per heavy atom. The molecular weight excluding hydrogens is 391 g/mol. The summed E-state index contributed by atoms with van der Waals surface area (Å²) in [5.41, 5.74) is 0.350. The summed E-state index contributed by atoms with van der Waals surface area (Å²) < 4.78 is 40.6. The Balaban J connectivity index is 1.75. The first-order valence-electron chi connectivity index (χ1n) is 8.69. The van der Waals surface area contributed by atoms with Crippen LogP contribution in [-0.2, 0) is 14.8 Å². The van der Waals surface area contributed by atoms with Gasteiger partial charge in [-0.05, 0) is 55.3 Å². The highest BCUT2D eigenvalue weighted by atomic mass is 35.5. The van der Waals surface area contributed by atoms with Crippen molar-refractivity contribution in [3.63, 3.8) is 0 Å². The monoisotopic (exact) mass is 410 g/mol. The number of sulfonamides is 1. The maximum atomic E-state index is 13.3. The third-order valence-electron chi connectivity index (χ3n) is 4.52. The second-order valence-corrected chi connectivity index (χ2v) is 8.81. The number of nitrogens with one attached hydrogen (secondary N) is 1. The number of piperidine rings is 1. The van der Waals surface area contributed by atoms with Gasteiger partial charge in [0.05, 0.1) is 4.90 Å². The van der Waals surface area contributed by atoms with Crippen molar-refractivity contribution < 1.29 is 17.6 Å². The van der Waals surface area contributed by atoms with Crippen molar-refractivity contribution in [2.45, 2.75) is 36.6 Å². The van der Waals surface area contributed by atoms with E-state index in [1.165, 1.54) is 46.8 Å². The average Bonchev–Trinajstić information content (AvgIpc) is 2.62. The Kier molecular flexibility index (Phi) is 6.14. The molecule has 0 bridgehead atoms. The first-order chi connectivity index (χ1) is 12.9. The van der Waals surface area contributed by atoms with E-state index in [1.807, 2.05) is 0 Å². The number of carbonyl (C=O) groups is 1. The van der Waals surface area contributed by atoms with E-state index in [1.54, 1.807) is 6.07 Å². The molecule has 1 amide bonds. The van der Waals surface area contributed by atoms with E-state index in [9.17, 15) is 17.6 Å². The minimum atomic E-state index is -3.72. The summed E-state index contributed by atoms with van der Waals surface area (Å²) in [6.07, 6.45) is 2.21.